The van der Waals surface area contributed by atoms with Gasteiger partial charge >= 0.3 is 0 Å². The third-order valence-corrected chi connectivity index (χ3v) is 3.41. The molecule has 1 amide bonds. The van der Waals surface area contributed by atoms with E-state index in [1.54, 1.807) is 0 Å². The summed E-state index contributed by atoms with van der Waals surface area (Å²) in [5, 5.41) is 2.99. The van der Waals surface area contributed by atoms with E-state index >= 15 is 0 Å². The third kappa shape index (κ3) is 7.00. The van der Waals surface area contributed by atoms with Crippen molar-refractivity contribution < 1.29 is 4.79 Å². The second-order valence-electron chi connectivity index (χ2n) is 7.18. The molecular formula is C15H32N2O. The molecule has 0 aromatic heterocycles. The van der Waals surface area contributed by atoms with Crippen molar-refractivity contribution in [3.05, 3.63) is 0 Å². The van der Waals surface area contributed by atoms with Gasteiger partial charge in [0.2, 0.25) is 5.91 Å². The highest BCUT2D eigenvalue weighted by Gasteiger charge is 2.28. The molecule has 18 heavy (non-hydrogen) atoms. The first-order valence-corrected chi connectivity index (χ1v) is 7.13. The van der Waals surface area contributed by atoms with Crippen molar-refractivity contribution in [3.63, 3.8) is 0 Å². The number of nitrogens with one attached hydrogen (secondary N) is 1. The van der Waals surface area contributed by atoms with Crippen molar-refractivity contribution in [2.24, 2.45) is 16.6 Å². The van der Waals surface area contributed by atoms with Crippen LogP contribution in [0.3, 0.4) is 0 Å². The van der Waals surface area contributed by atoms with Crippen molar-refractivity contribution in [1.29, 1.82) is 0 Å². The highest BCUT2D eigenvalue weighted by atomic mass is 16.2. The molecule has 0 aliphatic carbocycles. The second kappa shape index (κ2) is 7.13. The number of hydrogen-bond donors (Lipinski definition) is 2. The molecule has 0 heterocycles. The maximum absolute atomic E-state index is 11.9. The molecule has 0 spiro atoms. The van der Waals surface area contributed by atoms with E-state index < -0.39 is 6.04 Å². The Morgan fingerprint density at radius 1 is 1.17 bits per heavy atom. The lowest BCUT2D eigenvalue weighted by Gasteiger charge is -2.29. The Kier molecular flexibility index (Phi) is 6.90. The first-order valence-electron chi connectivity index (χ1n) is 7.13. The van der Waals surface area contributed by atoms with Crippen LogP contribution in [-0.2, 0) is 4.79 Å². The molecule has 3 nitrogen and oxygen atoms in total. The van der Waals surface area contributed by atoms with Crippen molar-refractivity contribution >= 4 is 5.91 Å². The molecule has 0 aromatic rings. The standard InChI is InChI=1S/C15H32N2O/c1-7-8-9-10-15(5,6)11-17-13(18)12(16)14(2,3)4/h12H,7-11,16H2,1-6H3,(H,17,18). The van der Waals surface area contributed by atoms with E-state index in [0.29, 0.717) is 6.54 Å². The van der Waals surface area contributed by atoms with Crippen LogP contribution in [0.25, 0.3) is 0 Å². The van der Waals surface area contributed by atoms with E-state index in [-0.39, 0.29) is 16.7 Å². The summed E-state index contributed by atoms with van der Waals surface area (Å²) >= 11 is 0. The molecule has 0 bridgehead atoms. The number of carbonyl (C=O) groups excluding carboxylic acids is 1. The van der Waals surface area contributed by atoms with Crippen molar-refractivity contribution in [2.75, 3.05) is 6.54 Å². The fraction of sp³-hybridized carbons (Fsp3) is 0.933. The summed E-state index contributed by atoms with van der Waals surface area (Å²) < 4.78 is 0. The number of hydrogen-bond acceptors (Lipinski definition) is 2. The Labute approximate surface area is 113 Å². The van der Waals surface area contributed by atoms with Gasteiger partial charge in [-0.15, -0.1) is 0 Å². The average molecular weight is 256 g/mol. The Hall–Kier alpha value is -0.570. The fourth-order valence-electron chi connectivity index (χ4n) is 1.77. The monoisotopic (exact) mass is 256 g/mol. The Balaban J connectivity index is 4.11. The van der Waals surface area contributed by atoms with E-state index in [0.717, 1.165) is 6.42 Å². The van der Waals surface area contributed by atoms with Gasteiger partial charge in [-0.25, -0.2) is 0 Å². The molecule has 0 aliphatic heterocycles. The van der Waals surface area contributed by atoms with Crippen LogP contribution in [0.5, 0.6) is 0 Å². The van der Waals surface area contributed by atoms with Crippen LogP contribution in [0, 0.1) is 10.8 Å². The summed E-state index contributed by atoms with van der Waals surface area (Å²) in [5.74, 6) is -0.0360. The molecule has 0 radical (unpaired) electrons. The smallest absolute Gasteiger partial charge is 0.237 e. The predicted molar refractivity (Wildman–Crippen MR) is 78.4 cm³/mol. The zero-order valence-corrected chi connectivity index (χ0v) is 13.1. The molecule has 1 unspecified atom stereocenters. The lowest BCUT2D eigenvalue weighted by atomic mass is 9.85. The molecule has 3 heteroatoms. The van der Waals surface area contributed by atoms with Crippen molar-refractivity contribution in [3.8, 4) is 0 Å². The predicted octanol–water partition coefficient (Wildman–Crippen LogP) is 3.08. The number of unbranched alkanes of at least 4 members (excludes halogenated alkanes) is 2. The summed E-state index contributed by atoms with van der Waals surface area (Å²) in [4.78, 5) is 11.9. The minimum Gasteiger partial charge on any atom is -0.354 e. The quantitative estimate of drug-likeness (QED) is 0.688. The number of rotatable bonds is 7. The average Bonchev–Trinajstić information content (AvgIpc) is 2.24. The highest BCUT2D eigenvalue weighted by molar-refractivity contribution is 5.82. The van der Waals surface area contributed by atoms with Gasteiger partial charge in [-0.05, 0) is 17.3 Å². The maximum Gasteiger partial charge on any atom is 0.237 e. The molecule has 0 aromatic carbocycles. The van der Waals surface area contributed by atoms with Crippen LogP contribution in [0.1, 0.15) is 67.2 Å². The Morgan fingerprint density at radius 3 is 2.17 bits per heavy atom. The van der Waals surface area contributed by atoms with Gasteiger partial charge in [-0.2, -0.15) is 0 Å². The van der Waals surface area contributed by atoms with Gasteiger partial charge in [0.15, 0.2) is 0 Å². The second-order valence-corrected chi connectivity index (χ2v) is 7.18. The number of nitrogens with two attached hydrogens (primary N) is 1. The first kappa shape index (κ1) is 17.4. The van der Waals surface area contributed by atoms with Crippen LogP contribution >= 0.6 is 0 Å². The van der Waals surface area contributed by atoms with Crippen molar-refractivity contribution in [1.82, 2.24) is 5.32 Å². The number of amides is 1. The van der Waals surface area contributed by atoms with Crippen LogP contribution in [-0.4, -0.2) is 18.5 Å². The van der Waals surface area contributed by atoms with Gasteiger partial charge < -0.3 is 11.1 Å². The Morgan fingerprint density at radius 2 is 1.72 bits per heavy atom. The van der Waals surface area contributed by atoms with Crippen LogP contribution in [0.4, 0.5) is 0 Å². The highest BCUT2D eigenvalue weighted by Crippen LogP contribution is 2.23. The molecule has 0 saturated carbocycles. The lowest BCUT2D eigenvalue weighted by molar-refractivity contribution is -0.125. The van der Waals surface area contributed by atoms with E-state index in [1.807, 2.05) is 20.8 Å². The maximum atomic E-state index is 11.9. The number of carbonyl (C=O) groups is 1. The zero-order valence-electron chi connectivity index (χ0n) is 13.1. The third-order valence-electron chi connectivity index (χ3n) is 3.41. The van der Waals surface area contributed by atoms with Gasteiger partial charge in [0.25, 0.3) is 0 Å². The molecule has 1 atom stereocenters. The fourth-order valence-corrected chi connectivity index (χ4v) is 1.77. The molecule has 108 valence electrons. The minimum absolute atomic E-state index is 0.0360. The molecule has 0 aliphatic rings. The van der Waals surface area contributed by atoms with E-state index in [1.165, 1.54) is 19.3 Å². The summed E-state index contributed by atoms with van der Waals surface area (Å²) in [7, 11) is 0. The van der Waals surface area contributed by atoms with Gasteiger partial charge in [0.1, 0.15) is 0 Å². The van der Waals surface area contributed by atoms with Crippen molar-refractivity contribution in [2.45, 2.75) is 73.3 Å². The summed E-state index contributed by atoms with van der Waals surface area (Å²) in [6.45, 7) is 13.3. The zero-order chi connectivity index (χ0) is 14.4. The first-order chi connectivity index (χ1) is 8.10. The molecule has 0 rings (SSSR count). The minimum atomic E-state index is -0.441. The Bertz CT molecular complexity index is 254. The van der Waals surface area contributed by atoms with E-state index in [2.05, 4.69) is 26.1 Å². The topological polar surface area (TPSA) is 55.1 Å². The van der Waals surface area contributed by atoms with Gasteiger partial charge in [-0.3, -0.25) is 4.79 Å². The molecule has 3 N–H and O–H groups in total. The van der Waals surface area contributed by atoms with Gasteiger partial charge in [0, 0.05) is 6.54 Å². The van der Waals surface area contributed by atoms with E-state index in [9.17, 15) is 4.79 Å². The van der Waals surface area contributed by atoms with E-state index in [4.69, 9.17) is 5.73 Å². The lowest BCUT2D eigenvalue weighted by Crippen LogP contribution is -2.50. The normalized spacial score (nSPS) is 14.4. The van der Waals surface area contributed by atoms with Crippen LogP contribution < -0.4 is 11.1 Å². The largest absolute Gasteiger partial charge is 0.354 e. The molecular weight excluding hydrogens is 224 g/mol. The van der Waals surface area contributed by atoms with Gasteiger partial charge in [-0.1, -0.05) is 60.8 Å². The molecule has 0 fully saturated rings. The summed E-state index contributed by atoms with van der Waals surface area (Å²) in [5.41, 5.74) is 5.90. The van der Waals surface area contributed by atoms with Crippen LogP contribution in [0.2, 0.25) is 0 Å². The molecule has 0 saturated heterocycles. The summed E-state index contributed by atoms with van der Waals surface area (Å²) in [6.07, 6.45) is 4.87. The summed E-state index contributed by atoms with van der Waals surface area (Å²) in [6, 6.07) is -0.441. The SMILES string of the molecule is CCCCCC(C)(C)CNC(=O)C(N)C(C)(C)C. The van der Waals surface area contributed by atoms with Gasteiger partial charge in [0.05, 0.1) is 6.04 Å². The van der Waals surface area contributed by atoms with Crippen LogP contribution in [0.15, 0.2) is 0 Å².